The van der Waals surface area contributed by atoms with E-state index in [2.05, 4.69) is 19.1 Å². The number of rotatable bonds is 17. The van der Waals surface area contributed by atoms with Crippen molar-refractivity contribution in [2.75, 3.05) is 18.1 Å². The minimum atomic E-state index is -2.80. The van der Waals surface area contributed by atoms with Gasteiger partial charge in [-0.1, -0.05) is 76.9 Å². The van der Waals surface area contributed by atoms with Gasteiger partial charge in [0.2, 0.25) is 0 Å². The van der Waals surface area contributed by atoms with Gasteiger partial charge in [0.25, 0.3) is 0 Å². The molecule has 1 unspecified atom stereocenters. The first kappa shape index (κ1) is 23.7. The molecule has 1 atom stereocenters. The molecule has 154 valence electrons. The molecule has 1 saturated heterocycles. The molecule has 0 amide bonds. The van der Waals surface area contributed by atoms with Crippen LogP contribution in [0.25, 0.3) is 0 Å². The van der Waals surface area contributed by atoms with Gasteiger partial charge in [-0.3, -0.25) is 0 Å². The molecule has 0 aromatic heterocycles. The van der Waals surface area contributed by atoms with E-state index in [1.807, 2.05) is 0 Å². The van der Waals surface area contributed by atoms with Crippen molar-refractivity contribution in [3.05, 3.63) is 12.2 Å². The fourth-order valence-corrected chi connectivity index (χ4v) is 5.11. The Morgan fingerprint density at radius 1 is 0.808 bits per heavy atom. The zero-order valence-corrected chi connectivity index (χ0v) is 17.9. The highest BCUT2D eigenvalue weighted by atomic mass is 32.2. The van der Waals surface area contributed by atoms with Crippen LogP contribution in [-0.4, -0.2) is 32.6 Å². The summed E-state index contributed by atoms with van der Waals surface area (Å²) in [5, 5.41) is 0. The van der Waals surface area contributed by atoms with E-state index >= 15 is 0 Å². The van der Waals surface area contributed by atoms with Crippen molar-refractivity contribution in [2.24, 2.45) is 0 Å². The molecule has 26 heavy (non-hydrogen) atoms. The summed E-state index contributed by atoms with van der Waals surface area (Å²) >= 11 is 0. The normalized spacial score (nSPS) is 19.5. The molecule has 0 aliphatic carbocycles. The van der Waals surface area contributed by atoms with Gasteiger partial charge in [-0.15, -0.1) is 0 Å². The Labute approximate surface area is 162 Å². The molecule has 1 aliphatic heterocycles. The third-order valence-corrected chi connectivity index (χ3v) is 6.94. The molecule has 0 aromatic rings. The Kier molecular flexibility index (Phi) is 14.3. The van der Waals surface area contributed by atoms with Gasteiger partial charge in [0.15, 0.2) is 9.84 Å². The number of ether oxygens (including phenoxy) is 1. The summed E-state index contributed by atoms with van der Waals surface area (Å²) in [6.07, 6.45) is 23.7. The highest BCUT2D eigenvalue weighted by Gasteiger charge is 2.28. The van der Waals surface area contributed by atoms with Gasteiger partial charge in [0, 0.05) is 6.61 Å². The fourth-order valence-electron chi connectivity index (χ4n) is 3.49. The zero-order chi connectivity index (χ0) is 18.9. The molecular weight excluding hydrogens is 344 g/mol. The topological polar surface area (TPSA) is 43.4 Å². The Morgan fingerprint density at radius 2 is 1.35 bits per heavy atom. The lowest BCUT2D eigenvalue weighted by Gasteiger charge is -2.09. The molecule has 1 fully saturated rings. The molecular formula is C22H42O3S. The Bertz CT molecular complexity index is 442. The quantitative estimate of drug-likeness (QED) is 0.220. The molecule has 0 N–H and O–H groups in total. The van der Waals surface area contributed by atoms with Crippen molar-refractivity contribution in [3.8, 4) is 0 Å². The minimum Gasteiger partial charge on any atom is -0.377 e. The fraction of sp³-hybridized carbons (Fsp3) is 0.909. The van der Waals surface area contributed by atoms with Gasteiger partial charge in [-0.2, -0.15) is 0 Å². The lowest BCUT2D eigenvalue weighted by molar-refractivity contribution is 0.0680. The molecule has 0 spiro atoms. The molecule has 3 nitrogen and oxygen atoms in total. The smallest absolute Gasteiger partial charge is 0.152 e. The molecule has 4 heteroatoms. The van der Waals surface area contributed by atoms with Crippen molar-refractivity contribution >= 4 is 9.84 Å². The first-order chi connectivity index (χ1) is 12.6. The van der Waals surface area contributed by atoms with Gasteiger partial charge >= 0.3 is 0 Å². The van der Waals surface area contributed by atoms with E-state index in [1.165, 1.54) is 83.5 Å². The zero-order valence-electron chi connectivity index (χ0n) is 17.1. The minimum absolute atomic E-state index is 0.0388. The molecule has 0 radical (unpaired) electrons. The maximum absolute atomic E-state index is 11.3. The predicted molar refractivity (Wildman–Crippen MR) is 112 cm³/mol. The number of allylic oxidation sites excluding steroid dienone is 2. The average Bonchev–Trinajstić information content (AvgIpc) is 2.96. The van der Waals surface area contributed by atoms with Crippen LogP contribution in [0, 0.1) is 0 Å². The van der Waals surface area contributed by atoms with Crippen molar-refractivity contribution < 1.29 is 13.2 Å². The summed E-state index contributed by atoms with van der Waals surface area (Å²) in [6.45, 7) is 2.99. The van der Waals surface area contributed by atoms with E-state index in [0.29, 0.717) is 12.2 Å². The van der Waals surface area contributed by atoms with Gasteiger partial charge in [-0.25, -0.2) is 8.42 Å². The maximum atomic E-state index is 11.3. The monoisotopic (exact) mass is 386 g/mol. The summed E-state index contributed by atoms with van der Waals surface area (Å²) in [7, 11) is -2.80. The summed E-state index contributed by atoms with van der Waals surface area (Å²) < 4.78 is 28.3. The first-order valence-electron chi connectivity index (χ1n) is 11.1. The van der Waals surface area contributed by atoms with E-state index in [9.17, 15) is 8.42 Å². The Hall–Kier alpha value is -0.350. The highest BCUT2D eigenvalue weighted by molar-refractivity contribution is 7.91. The van der Waals surface area contributed by atoms with Crippen molar-refractivity contribution in [2.45, 2.75) is 109 Å². The van der Waals surface area contributed by atoms with Crippen LogP contribution in [0.1, 0.15) is 103 Å². The van der Waals surface area contributed by atoms with E-state index in [4.69, 9.17) is 4.74 Å². The van der Waals surface area contributed by atoms with E-state index in [0.717, 1.165) is 13.0 Å². The van der Waals surface area contributed by atoms with Crippen molar-refractivity contribution in [1.82, 2.24) is 0 Å². The maximum Gasteiger partial charge on any atom is 0.152 e. The second kappa shape index (κ2) is 15.7. The van der Waals surface area contributed by atoms with Crippen LogP contribution in [0.3, 0.4) is 0 Å². The van der Waals surface area contributed by atoms with Crippen LogP contribution < -0.4 is 0 Å². The second-order valence-electron chi connectivity index (χ2n) is 7.83. The van der Waals surface area contributed by atoms with Crippen molar-refractivity contribution in [1.29, 1.82) is 0 Å². The lowest BCUT2D eigenvalue weighted by Crippen LogP contribution is -2.15. The van der Waals surface area contributed by atoms with Crippen LogP contribution in [0.5, 0.6) is 0 Å². The lowest BCUT2D eigenvalue weighted by atomic mass is 10.1. The number of hydrogen-bond acceptors (Lipinski definition) is 3. The number of hydrogen-bond donors (Lipinski definition) is 0. The predicted octanol–water partition coefficient (Wildman–Crippen LogP) is 6.23. The van der Waals surface area contributed by atoms with Gasteiger partial charge in [0.1, 0.15) is 0 Å². The second-order valence-corrected chi connectivity index (χ2v) is 10.1. The molecule has 0 saturated carbocycles. The van der Waals surface area contributed by atoms with E-state index in [1.54, 1.807) is 0 Å². The van der Waals surface area contributed by atoms with Gasteiger partial charge < -0.3 is 4.74 Å². The summed E-state index contributed by atoms with van der Waals surface area (Å²) in [5.41, 5.74) is 0. The third kappa shape index (κ3) is 13.8. The number of sulfone groups is 1. The standard InChI is InChI=1S/C22H42O3S/c1-2-3-4-5-6-7-8-9-10-11-12-13-14-15-16-17-19-25-22-18-20-26(23,24)21-22/h9-10,22H,2-8,11-21H2,1H3. The van der Waals surface area contributed by atoms with Gasteiger partial charge in [-0.05, 0) is 38.5 Å². The van der Waals surface area contributed by atoms with E-state index in [-0.39, 0.29) is 11.9 Å². The molecule has 0 aromatic carbocycles. The summed E-state index contributed by atoms with van der Waals surface area (Å²) in [4.78, 5) is 0. The highest BCUT2D eigenvalue weighted by Crippen LogP contribution is 2.15. The Balaban J connectivity index is 1.75. The molecule has 1 heterocycles. The molecule has 1 rings (SSSR count). The van der Waals surface area contributed by atoms with Gasteiger partial charge in [0.05, 0.1) is 17.6 Å². The number of unbranched alkanes of at least 4 members (excludes halogenated alkanes) is 12. The molecule has 1 aliphatic rings. The Morgan fingerprint density at radius 3 is 1.88 bits per heavy atom. The average molecular weight is 387 g/mol. The SMILES string of the molecule is CCCCCCCCC=CCCCCCCCCOC1CCS(=O)(=O)C1. The van der Waals surface area contributed by atoms with Crippen molar-refractivity contribution in [3.63, 3.8) is 0 Å². The third-order valence-electron chi connectivity index (χ3n) is 5.20. The van der Waals surface area contributed by atoms with Crippen LogP contribution in [-0.2, 0) is 14.6 Å². The largest absolute Gasteiger partial charge is 0.377 e. The van der Waals surface area contributed by atoms with E-state index < -0.39 is 9.84 Å². The summed E-state index contributed by atoms with van der Waals surface area (Å²) in [5.74, 6) is 0.546. The van der Waals surface area contributed by atoms with Crippen LogP contribution in [0.2, 0.25) is 0 Å². The van der Waals surface area contributed by atoms with Crippen LogP contribution in [0.15, 0.2) is 12.2 Å². The van der Waals surface area contributed by atoms with Crippen LogP contribution >= 0.6 is 0 Å². The van der Waals surface area contributed by atoms with Crippen LogP contribution in [0.4, 0.5) is 0 Å². The first-order valence-corrected chi connectivity index (χ1v) is 12.9. The summed E-state index contributed by atoms with van der Waals surface area (Å²) in [6, 6.07) is 0. The molecule has 0 bridgehead atoms.